The summed E-state index contributed by atoms with van der Waals surface area (Å²) in [5.74, 6) is 0.852. The number of piperidine rings is 1. The Balaban J connectivity index is 2.01. The summed E-state index contributed by atoms with van der Waals surface area (Å²) in [5.41, 5.74) is 7.20. The van der Waals surface area contributed by atoms with E-state index in [1.54, 1.807) is 0 Å². The van der Waals surface area contributed by atoms with Gasteiger partial charge in [0.15, 0.2) is 0 Å². The number of aryl methyl sites for hydroxylation is 1. The van der Waals surface area contributed by atoms with E-state index in [4.69, 9.17) is 5.73 Å². The topological polar surface area (TPSA) is 55.0 Å². The maximum atomic E-state index is 5.79. The Labute approximate surface area is 96.9 Å². The number of hydrogen-bond donors (Lipinski definition) is 1. The van der Waals surface area contributed by atoms with Gasteiger partial charge in [-0.25, -0.2) is 9.97 Å². The number of aromatic nitrogens is 2. The first-order chi connectivity index (χ1) is 7.63. The summed E-state index contributed by atoms with van der Waals surface area (Å²) in [7, 11) is 0. The van der Waals surface area contributed by atoms with Gasteiger partial charge in [-0.05, 0) is 37.3 Å². The van der Waals surface area contributed by atoms with Gasteiger partial charge in [-0.3, -0.25) is 0 Å². The molecule has 2 N–H and O–H groups in total. The normalized spacial score (nSPS) is 19.8. The third kappa shape index (κ3) is 2.32. The van der Waals surface area contributed by atoms with Gasteiger partial charge in [0, 0.05) is 25.5 Å². The first-order valence-electron chi connectivity index (χ1n) is 5.87. The molecule has 0 aromatic carbocycles. The molecule has 0 spiro atoms. The van der Waals surface area contributed by atoms with Crippen LogP contribution in [0.1, 0.15) is 25.3 Å². The second-order valence-electron chi connectivity index (χ2n) is 5.06. The highest BCUT2D eigenvalue weighted by Gasteiger charge is 2.29. The van der Waals surface area contributed by atoms with Crippen LogP contribution < -0.4 is 10.6 Å². The zero-order chi connectivity index (χ0) is 11.6. The minimum atomic E-state index is 0.307. The SMILES string of the molecule is Cc1cnc(N2CCC(C)(CN)CC2)nc1. The minimum absolute atomic E-state index is 0.307. The number of rotatable bonds is 2. The van der Waals surface area contributed by atoms with Crippen molar-refractivity contribution >= 4 is 5.95 Å². The summed E-state index contributed by atoms with van der Waals surface area (Å²) >= 11 is 0. The highest BCUT2D eigenvalue weighted by atomic mass is 15.2. The van der Waals surface area contributed by atoms with Crippen LogP contribution >= 0.6 is 0 Å². The summed E-state index contributed by atoms with van der Waals surface area (Å²) in [6, 6.07) is 0. The summed E-state index contributed by atoms with van der Waals surface area (Å²) < 4.78 is 0. The van der Waals surface area contributed by atoms with Crippen molar-refractivity contribution in [2.75, 3.05) is 24.5 Å². The van der Waals surface area contributed by atoms with Crippen LogP contribution in [0.3, 0.4) is 0 Å². The number of anilines is 1. The summed E-state index contributed by atoms with van der Waals surface area (Å²) in [4.78, 5) is 11.0. The predicted molar refractivity (Wildman–Crippen MR) is 65.4 cm³/mol. The Morgan fingerprint density at radius 1 is 1.31 bits per heavy atom. The second-order valence-corrected chi connectivity index (χ2v) is 5.06. The molecule has 0 atom stereocenters. The molecule has 0 saturated carbocycles. The Morgan fingerprint density at radius 3 is 2.38 bits per heavy atom. The fourth-order valence-electron chi connectivity index (χ4n) is 2.00. The fourth-order valence-corrected chi connectivity index (χ4v) is 2.00. The van der Waals surface area contributed by atoms with Crippen molar-refractivity contribution in [1.82, 2.24) is 9.97 Å². The highest BCUT2D eigenvalue weighted by Crippen LogP contribution is 2.30. The summed E-state index contributed by atoms with van der Waals surface area (Å²) in [6.07, 6.45) is 6.00. The largest absolute Gasteiger partial charge is 0.341 e. The van der Waals surface area contributed by atoms with E-state index in [0.717, 1.165) is 44.0 Å². The van der Waals surface area contributed by atoms with Crippen molar-refractivity contribution in [3.05, 3.63) is 18.0 Å². The van der Waals surface area contributed by atoms with Gasteiger partial charge in [0.25, 0.3) is 0 Å². The molecular formula is C12H20N4. The van der Waals surface area contributed by atoms with Crippen molar-refractivity contribution in [3.63, 3.8) is 0 Å². The lowest BCUT2D eigenvalue weighted by molar-refractivity contribution is 0.257. The van der Waals surface area contributed by atoms with Gasteiger partial charge in [-0.1, -0.05) is 6.92 Å². The van der Waals surface area contributed by atoms with Crippen LogP contribution in [0, 0.1) is 12.3 Å². The molecule has 2 rings (SSSR count). The molecule has 1 aliphatic rings. The van der Waals surface area contributed by atoms with E-state index in [1.807, 2.05) is 19.3 Å². The van der Waals surface area contributed by atoms with Gasteiger partial charge >= 0.3 is 0 Å². The Kier molecular flexibility index (Phi) is 3.10. The van der Waals surface area contributed by atoms with Crippen molar-refractivity contribution < 1.29 is 0 Å². The minimum Gasteiger partial charge on any atom is -0.341 e. The molecule has 0 unspecified atom stereocenters. The van der Waals surface area contributed by atoms with Gasteiger partial charge in [-0.2, -0.15) is 0 Å². The Bertz CT molecular complexity index is 339. The lowest BCUT2D eigenvalue weighted by Crippen LogP contribution is -2.42. The van der Waals surface area contributed by atoms with Gasteiger partial charge in [0.05, 0.1) is 0 Å². The molecule has 0 radical (unpaired) electrons. The van der Waals surface area contributed by atoms with E-state index in [9.17, 15) is 0 Å². The van der Waals surface area contributed by atoms with Crippen LogP contribution in [0.5, 0.6) is 0 Å². The molecule has 4 heteroatoms. The standard InChI is InChI=1S/C12H20N4/c1-10-7-14-11(15-8-10)16-5-3-12(2,9-13)4-6-16/h7-8H,3-6,9,13H2,1-2H3. The molecule has 1 aromatic heterocycles. The molecule has 16 heavy (non-hydrogen) atoms. The van der Waals surface area contributed by atoms with Gasteiger partial charge in [-0.15, -0.1) is 0 Å². The quantitative estimate of drug-likeness (QED) is 0.817. The first-order valence-corrected chi connectivity index (χ1v) is 5.87. The molecule has 4 nitrogen and oxygen atoms in total. The lowest BCUT2D eigenvalue weighted by atomic mass is 9.81. The molecule has 1 fully saturated rings. The third-order valence-electron chi connectivity index (χ3n) is 3.51. The number of hydrogen-bond acceptors (Lipinski definition) is 4. The third-order valence-corrected chi connectivity index (χ3v) is 3.51. The second kappa shape index (κ2) is 4.37. The van der Waals surface area contributed by atoms with Gasteiger partial charge in [0.2, 0.25) is 5.95 Å². The molecule has 1 aromatic rings. The van der Waals surface area contributed by atoms with Crippen molar-refractivity contribution in [2.24, 2.45) is 11.1 Å². The van der Waals surface area contributed by atoms with E-state index < -0.39 is 0 Å². The average Bonchev–Trinajstić information content (AvgIpc) is 2.32. The average molecular weight is 220 g/mol. The van der Waals surface area contributed by atoms with Crippen LogP contribution in [-0.4, -0.2) is 29.6 Å². The number of nitrogens with zero attached hydrogens (tertiary/aromatic N) is 3. The molecule has 0 aliphatic carbocycles. The van der Waals surface area contributed by atoms with E-state index in [0.29, 0.717) is 5.41 Å². The molecule has 0 bridgehead atoms. The lowest BCUT2D eigenvalue weighted by Gasteiger charge is -2.38. The van der Waals surface area contributed by atoms with E-state index in [-0.39, 0.29) is 0 Å². The molecule has 0 amide bonds. The van der Waals surface area contributed by atoms with Gasteiger partial charge in [0.1, 0.15) is 0 Å². The molecule has 1 saturated heterocycles. The van der Waals surface area contributed by atoms with Crippen LogP contribution in [0.15, 0.2) is 12.4 Å². The van der Waals surface area contributed by atoms with Crippen molar-refractivity contribution in [1.29, 1.82) is 0 Å². The maximum absolute atomic E-state index is 5.79. The monoisotopic (exact) mass is 220 g/mol. The highest BCUT2D eigenvalue weighted by molar-refractivity contribution is 5.30. The fraction of sp³-hybridized carbons (Fsp3) is 0.667. The van der Waals surface area contributed by atoms with Gasteiger partial charge < -0.3 is 10.6 Å². The molecule has 1 aliphatic heterocycles. The van der Waals surface area contributed by atoms with Crippen molar-refractivity contribution in [3.8, 4) is 0 Å². The predicted octanol–water partition coefficient (Wildman–Crippen LogP) is 1.35. The van der Waals surface area contributed by atoms with Crippen LogP contribution in [0.2, 0.25) is 0 Å². The summed E-state index contributed by atoms with van der Waals surface area (Å²) in [6.45, 7) is 7.06. The molecular weight excluding hydrogens is 200 g/mol. The van der Waals surface area contributed by atoms with Crippen LogP contribution in [-0.2, 0) is 0 Å². The van der Waals surface area contributed by atoms with E-state index in [1.165, 1.54) is 0 Å². The molecule has 2 heterocycles. The summed E-state index contributed by atoms with van der Waals surface area (Å²) in [5, 5.41) is 0. The zero-order valence-corrected chi connectivity index (χ0v) is 10.1. The maximum Gasteiger partial charge on any atom is 0.225 e. The van der Waals surface area contributed by atoms with E-state index in [2.05, 4.69) is 21.8 Å². The Hall–Kier alpha value is -1.16. The molecule has 88 valence electrons. The van der Waals surface area contributed by atoms with E-state index >= 15 is 0 Å². The van der Waals surface area contributed by atoms with Crippen LogP contribution in [0.4, 0.5) is 5.95 Å². The van der Waals surface area contributed by atoms with Crippen molar-refractivity contribution in [2.45, 2.75) is 26.7 Å². The smallest absolute Gasteiger partial charge is 0.225 e. The van der Waals surface area contributed by atoms with Crippen LogP contribution in [0.25, 0.3) is 0 Å². The first kappa shape index (κ1) is 11.3. The number of nitrogens with two attached hydrogens (primary N) is 1. The zero-order valence-electron chi connectivity index (χ0n) is 10.1. The Morgan fingerprint density at radius 2 is 1.88 bits per heavy atom.